The van der Waals surface area contributed by atoms with Crippen molar-refractivity contribution in [3.8, 4) is 17.6 Å². The maximum atomic E-state index is 10.2. The van der Waals surface area contributed by atoms with Crippen LogP contribution in [-0.2, 0) is 0 Å². The Bertz CT molecular complexity index is 508. The minimum absolute atomic E-state index is 0.487. The van der Waals surface area contributed by atoms with Crippen molar-refractivity contribution in [2.24, 2.45) is 5.41 Å². The second kappa shape index (κ2) is 4.79. The van der Waals surface area contributed by atoms with E-state index in [0.29, 0.717) is 30.3 Å². The van der Waals surface area contributed by atoms with Crippen molar-refractivity contribution in [3.05, 3.63) is 22.2 Å². The highest BCUT2D eigenvalue weighted by Gasteiger charge is 2.30. The van der Waals surface area contributed by atoms with Gasteiger partial charge in [0.15, 0.2) is 11.5 Å². The zero-order valence-electron chi connectivity index (χ0n) is 10.2. The van der Waals surface area contributed by atoms with E-state index in [4.69, 9.17) is 14.7 Å². The molecule has 1 aromatic rings. The smallest absolute Gasteiger partial charge is 0.175 e. The van der Waals surface area contributed by atoms with Crippen LogP contribution in [-0.4, -0.2) is 18.3 Å². The van der Waals surface area contributed by atoms with E-state index in [1.54, 1.807) is 26.0 Å². The molecule has 0 aliphatic carbocycles. The average Bonchev–Trinajstić information content (AvgIpc) is 2.37. The SMILES string of the molecule is CC(C)(C#N)C(O)c1cc(Br)c2c(c1)OCCO2. The largest absolute Gasteiger partial charge is 0.486 e. The molecule has 1 heterocycles. The Morgan fingerprint density at radius 1 is 1.39 bits per heavy atom. The molecule has 1 aliphatic heterocycles. The molecule has 0 amide bonds. The number of fused-ring (bicyclic) bond motifs is 1. The van der Waals surface area contributed by atoms with E-state index in [0.717, 1.165) is 4.47 Å². The normalized spacial score (nSPS) is 15.9. The number of nitrogens with zero attached hydrogens (tertiary/aromatic N) is 1. The Balaban J connectivity index is 2.42. The van der Waals surface area contributed by atoms with E-state index in [9.17, 15) is 5.11 Å². The lowest BCUT2D eigenvalue weighted by atomic mass is 9.84. The molecule has 1 N–H and O–H groups in total. The number of hydrogen-bond acceptors (Lipinski definition) is 4. The minimum atomic E-state index is -0.880. The molecule has 0 aromatic heterocycles. The summed E-state index contributed by atoms with van der Waals surface area (Å²) in [6, 6.07) is 5.59. The second-order valence-electron chi connectivity index (χ2n) is 4.76. The predicted octanol–water partition coefficient (Wildman–Crippen LogP) is 2.80. The molecule has 18 heavy (non-hydrogen) atoms. The van der Waals surface area contributed by atoms with Gasteiger partial charge >= 0.3 is 0 Å². The van der Waals surface area contributed by atoms with Gasteiger partial charge in [0.2, 0.25) is 0 Å². The molecule has 96 valence electrons. The standard InChI is InChI=1S/C13H14BrNO3/c1-13(2,7-15)12(16)8-5-9(14)11-10(6-8)17-3-4-18-11/h5-6,12,16H,3-4H2,1-2H3. The van der Waals surface area contributed by atoms with Gasteiger partial charge in [0.1, 0.15) is 13.2 Å². The molecule has 1 unspecified atom stereocenters. The van der Waals surface area contributed by atoms with Crippen LogP contribution in [0.2, 0.25) is 0 Å². The number of ether oxygens (including phenoxy) is 2. The molecule has 1 aromatic carbocycles. The van der Waals surface area contributed by atoms with Gasteiger partial charge in [-0.25, -0.2) is 0 Å². The minimum Gasteiger partial charge on any atom is -0.486 e. The molecule has 5 heteroatoms. The predicted molar refractivity (Wildman–Crippen MR) is 69.5 cm³/mol. The summed E-state index contributed by atoms with van der Waals surface area (Å²) in [4.78, 5) is 0. The average molecular weight is 312 g/mol. The molecule has 4 nitrogen and oxygen atoms in total. The molecule has 0 spiro atoms. The van der Waals surface area contributed by atoms with Gasteiger partial charge in [-0.2, -0.15) is 5.26 Å². The maximum Gasteiger partial charge on any atom is 0.175 e. The van der Waals surface area contributed by atoms with Crippen LogP contribution in [0, 0.1) is 16.7 Å². The highest BCUT2D eigenvalue weighted by atomic mass is 79.9. The van der Waals surface area contributed by atoms with Gasteiger partial charge in [0.05, 0.1) is 22.1 Å². The number of aliphatic hydroxyl groups excluding tert-OH is 1. The maximum absolute atomic E-state index is 10.2. The molecule has 0 bridgehead atoms. The zero-order chi connectivity index (χ0) is 13.3. The van der Waals surface area contributed by atoms with Crippen LogP contribution in [0.15, 0.2) is 16.6 Å². The van der Waals surface area contributed by atoms with Crippen LogP contribution in [0.5, 0.6) is 11.5 Å². The number of nitriles is 1. The third-order valence-electron chi connectivity index (χ3n) is 2.91. The van der Waals surface area contributed by atoms with E-state index in [-0.39, 0.29) is 0 Å². The molecule has 1 aliphatic rings. The molecular weight excluding hydrogens is 298 g/mol. The van der Waals surface area contributed by atoms with Crippen molar-refractivity contribution in [3.63, 3.8) is 0 Å². The van der Waals surface area contributed by atoms with E-state index < -0.39 is 11.5 Å². The van der Waals surface area contributed by atoms with Gasteiger partial charge in [-0.15, -0.1) is 0 Å². The Kier molecular flexibility index (Phi) is 3.51. The van der Waals surface area contributed by atoms with Crippen LogP contribution in [0.4, 0.5) is 0 Å². The molecule has 0 radical (unpaired) electrons. The molecule has 0 fully saturated rings. The molecular formula is C13H14BrNO3. The fourth-order valence-electron chi connectivity index (χ4n) is 1.77. The first-order valence-electron chi connectivity index (χ1n) is 5.64. The van der Waals surface area contributed by atoms with E-state index in [2.05, 4.69) is 22.0 Å². The topological polar surface area (TPSA) is 62.5 Å². The summed E-state index contributed by atoms with van der Waals surface area (Å²) in [5, 5.41) is 19.3. The summed E-state index contributed by atoms with van der Waals surface area (Å²) >= 11 is 3.39. The monoisotopic (exact) mass is 311 g/mol. The lowest BCUT2D eigenvalue weighted by molar-refractivity contribution is 0.0857. The Morgan fingerprint density at radius 2 is 2.06 bits per heavy atom. The number of aliphatic hydroxyl groups is 1. The Hall–Kier alpha value is -1.25. The van der Waals surface area contributed by atoms with Crippen LogP contribution in [0.25, 0.3) is 0 Å². The van der Waals surface area contributed by atoms with E-state index in [1.807, 2.05) is 0 Å². The summed E-state index contributed by atoms with van der Waals surface area (Å²) in [6.07, 6.45) is -0.880. The number of benzene rings is 1. The Labute approximate surface area is 114 Å². The first-order valence-corrected chi connectivity index (χ1v) is 6.43. The summed E-state index contributed by atoms with van der Waals surface area (Å²) < 4.78 is 11.7. The van der Waals surface area contributed by atoms with Crippen LogP contribution in [0.1, 0.15) is 25.5 Å². The highest BCUT2D eigenvalue weighted by molar-refractivity contribution is 9.10. The van der Waals surface area contributed by atoms with Crippen molar-refractivity contribution < 1.29 is 14.6 Å². The third-order valence-corrected chi connectivity index (χ3v) is 3.50. The lowest BCUT2D eigenvalue weighted by Gasteiger charge is -2.26. The number of halogens is 1. The van der Waals surface area contributed by atoms with Crippen LogP contribution in [0.3, 0.4) is 0 Å². The molecule has 0 saturated carbocycles. The van der Waals surface area contributed by atoms with Gasteiger partial charge in [-0.3, -0.25) is 0 Å². The van der Waals surface area contributed by atoms with Crippen molar-refractivity contribution in [2.75, 3.05) is 13.2 Å². The van der Waals surface area contributed by atoms with E-state index in [1.165, 1.54) is 0 Å². The van der Waals surface area contributed by atoms with Crippen molar-refractivity contribution in [1.29, 1.82) is 5.26 Å². The number of rotatable bonds is 2. The van der Waals surface area contributed by atoms with Gasteiger partial charge in [0, 0.05) is 0 Å². The molecule has 0 saturated heterocycles. The van der Waals surface area contributed by atoms with Crippen LogP contribution >= 0.6 is 15.9 Å². The summed E-state index contributed by atoms with van der Waals surface area (Å²) in [7, 11) is 0. The molecule has 1 atom stereocenters. The van der Waals surface area contributed by atoms with Gasteiger partial charge < -0.3 is 14.6 Å². The fourth-order valence-corrected chi connectivity index (χ4v) is 2.34. The van der Waals surface area contributed by atoms with Crippen molar-refractivity contribution >= 4 is 15.9 Å². The third kappa shape index (κ3) is 2.31. The quantitative estimate of drug-likeness (QED) is 0.912. The van der Waals surface area contributed by atoms with Gasteiger partial charge in [-0.05, 0) is 47.5 Å². The van der Waals surface area contributed by atoms with Crippen molar-refractivity contribution in [2.45, 2.75) is 20.0 Å². The van der Waals surface area contributed by atoms with E-state index >= 15 is 0 Å². The lowest BCUT2D eigenvalue weighted by Crippen LogP contribution is -2.21. The van der Waals surface area contributed by atoms with Gasteiger partial charge in [-0.1, -0.05) is 0 Å². The summed E-state index contributed by atoms with van der Waals surface area (Å²) in [5.74, 6) is 1.24. The first kappa shape index (κ1) is 13.2. The highest BCUT2D eigenvalue weighted by Crippen LogP contribution is 2.42. The van der Waals surface area contributed by atoms with Gasteiger partial charge in [0.25, 0.3) is 0 Å². The van der Waals surface area contributed by atoms with Crippen LogP contribution < -0.4 is 9.47 Å². The first-order chi connectivity index (χ1) is 8.45. The Morgan fingerprint density at radius 3 is 2.72 bits per heavy atom. The number of hydrogen-bond donors (Lipinski definition) is 1. The summed E-state index contributed by atoms with van der Waals surface area (Å²) in [6.45, 7) is 4.39. The second-order valence-corrected chi connectivity index (χ2v) is 5.62. The summed E-state index contributed by atoms with van der Waals surface area (Å²) in [5.41, 5.74) is -0.221. The fraction of sp³-hybridized carbons (Fsp3) is 0.462. The zero-order valence-corrected chi connectivity index (χ0v) is 11.8. The molecule has 2 rings (SSSR count). The van der Waals surface area contributed by atoms with Crippen molar-refractivity contribution in [1.82, 2.24) is 0 Å².